The molecule has 0 aliphatic rings. The lowest BCUT2D eigenvalue weighted by Crippen LogP contribution is -2.10. The minimum Gasteiger partial charge on any atom is -0.294 e. The Labute approximate surface area is 123 Å². The summed E-state index contributed by atoms with van der Waals surface area (Å²) in [7, 11) is 1.73. The second kappa shape index (κ2) is 5.83. The molecule has 1 aromatic heterocycles. The number of aryl methyl sites for hydroxylation is 2. The van der Waals surface area contributed by atoms with E-state index in [1.54, 1.807) is 11.7 Å². The summed E-state index contributed by atoms with van der Waals surface area (Å²) in [5.74, 6) is -1.95. The highest BCUT2D eigenvalue weighted by Gasteiger charge is 2.19. The summed E-state index contributed by atoms with van der Waals surface area (Å²) in [6.07, 6.45) is 0.736. The second-order valence-corrected chi connectivity index (χ2v) is 5.20. The van der Waals surface area contributed by atoms with Gasteiger partial charge in [0, 0.05) is 13.1 Å². The van der Waals surface area contributed by atoms with Crippen molar-refractivity contribution >= 4 is 21.7 Å². The number of hydrogen-bond donors (Lipinski definition) is 0. The fourth-order valence-electron chi connectivity index (χ4n) is 1.97. The average Bonchev–Trinajstić information content (AvgIpc) is 2.66. The van der Waals surface area contributed by atoms with Crippen LogP contribution in [-0.2, 0) is 19.9 Å². The topological polar surface area (TPSA) is 34.9 Å². The summed E-state index contributed by atoms with van der Waals surface area (Å²) < 4.78 is 28.8. The predicted octanol–water partition coefficient (Wildman–Crippen LogP) is 3.45. The van der Waals surface area contributed by atoms with Gasteiger partial charge in [0.1, 0.15) is 11.6 Å². The zero-order valence-corrected chi connectivity index (χ0v) is 12.7. The summed E-state index contributed by atoms with van der Waals surface area (Å²) in [4.78, 5) is 12.1. The van der Waals surface area contributed by atoms with Crippen molar-refractivity contribution in [2.24, 2.45) is 7.05 Å². The maximum Gasteiger partial charge on any atom is 0.171 e. The van der Waals surface area contributed by atoms with E-state index in [-0.39, 0.29) is 12.0 Å². The van der Waals surface area contributed by atoms with E-state index in [4.69, 9.17) is 0 Å². The number of ketones is 1. The van der Waals surface area contributed by atoms with Gasteiger partial charge in [0.05, 0.1) is 27.8 Å². The molecule has 0 bridgehead atoms. The lowest BCUT2D eigenvalue weighted by atomic mass is 10.1. The van der Waals surface area contributed by atoms with Gasteiger partial charge in [-0.05, 0) is 34.5 Å². The molecule has 0 atom stereocenters. The smallest absolute Gasteiger partial charge is 0.171 e. The first-order valence-electron chi connectivity index (χ1n) is 6.12. The molecule has 2 rings (SSSR count). The molecule has 0 aliphatic carbocycles. The summed E-state index contributed by atoms with van der Waals surface area (Å²) in [6, 6.07) is 2.95. The number of benzene rings is 1. The summed E-state index contributed by atoms with van der Waals surface area (Å²) >= 11 is 3.40. The van der Waals surface area contributed by atoms with Gasteiger partial charge in [0.2, 0.25) is 0 Å². The van der Waals surface area contributed by atoms with Crippen molar-refractivity contribution < 1.29 is 13.6 Å². The van der Waals surface area contributed by atoms with E-state index in [9.17, 15) is 13.6 Å². The largest absolute Gasteiger partial charge is 0.294 e. The SMILES string of the molecule is CCc1nn(C)c(CC(=O)c2ccc(F)cc2F)c1Br. The normalized spacial score (nSPS) is 10.8. The summed E-state index contributed by atoms with van der Waals surface area (Å²) in [6.45, 7) is 1.96. The Morgan fingerprint density at radius 1 is 1.40 bits per heavy atom. The molecule has 2 aromatic rings. The Bertz CT molecular complexity index is 667. The third kappa shape index (κ3) is 2.80. The Kier molecular flexibility index (Phi) is 4.32. The monoisotopic (exact) mass is 342 g/mol. The van der Waals surface area contributed by atoms with Crippen LogP contribution in [0.3, 0.4) is 0 Å². The second-order valence-electron chi connectivity index (χ2n) is 4.41. The van der Waals surface area contributed by atoms with Crippen LogP contribution in [0.15, 0.2) is 22.7 Å². The molecule has 0 spiro atoms. The van der Waals surface area contributed by atoms with Crippen molar-refractivity contribution in [3.63, 3.8) is 0 Å². The molecule has 1 heterocycles. The van der Waals surface area contributed by atoms with Crippen LogP contribution >= 0.6 is 15.9 Å². The maximum atomic E-state index is 13.6. The summed E-state index contributed by atoms with van der Waals surface area (Å²) in [5, 5.41) is 4.28. The highest BCUT2D eigenvalue weighted by molar-refractivity contribution is 9.10. The van der Waals surface area contributed by atoms with Gasteiger partial charge in [-0.2, -0.15) is 5.10 Å². The van der Waals surface area contributed by atoms with Crippen LogP contribution in [0.1, 0.15) is 28.7 Å². The number of nitrogens with zero attached hydrogens (tertiary/aromatic N) is 2. The Morgan fingerprint density at radius 2 is 2.10 bits per heavy atom. The molecule has 0 saturated carbocycles. The highest BCUT2D eigenvalue weighted by Crippen LogP contribution is 2.23. The van der Waals surface area contributed by atoms with E-state index in [1.165, 1.54) is 0 Å². The third-order valence-corrected chi connectivity index (χ3v) is 3.98. The number of aromatic nitrogens is 2. The van der Waals surface area contributed by atoms with E-state index in [1.807, 2.05) is 6.92 Å². The molecule has 0 aliphatic heterocycles. The van der Waals surface area contributed by atoms with Crippen LogP contribution in [0.25, 0.3) is 0 Å². The van der Waals surface area contributed by atoms with Crippen LogP contribution in [0.5, 0.6) is 0 Å². The predicted molar refractivity (Wildman–Crippen MR) is 74.7 cm³/mol. The molecule has 1 aromatic carbocycles. The van der Waals surface area contributed by atoms with Gasteiger partial charge in [0.25, 0.3) is 0 Å². The average molecular weight is 343 g/mol. The minimum atomic E-state index is -0.844. The molecule has 6 heteroatoms. The molecule has 20 heavy (non-hydrogen) atoms. The quantitative estimate of drug-likeness (QED) is 0.797. The molecule has 0 N–H and O–H groups in total. The fraction of sp³-hybridized carbons (Fsp3) is 0.286. The van der Waals surface area contributed by atoms with Crippen LogP contribution in [-0.4, -0.2) is 15.6 Å². The van der Waals surface area contributed by atoms with Crippen molar-refractivity contribution in [2.75, 3.05) is 0 Å². The molecule has 0 fully saturated rings. The number of Topliss-reactive ketones (excluding diaryl/α,β-unsaturated/α-hetero) is 1. The van der Waals surface area contributed by atoms with Crippen molar-refractivity contribution in [3.05, 3.63) is 51.3 Å². The van der Waals surface area contributed by atoms with Gasteiger partial charge in [-0.25, -0.2) is 8.78 Å². The van der Waals surface area contributed by atoms with Crippen LogP contribution < -0.4 is 0 Å². The van der Waals surface area contributed by atoms with E-state index < -0.39 is 17.4 Å². The molecular formula is C14H13BrF2N2O. The van der Waals surface area contributed by atoms with Gasteiger partial charge in [-0.1, -0.05) is 6.92 Å². The van der Waals surface area contributed by atoms with Gasteiger partial charge < -0.3 is 0 Å². The fourth-order valence-corrected chi connectivity index (χ4v) is 2.73. The number of carbonyl (C=O) groups excluding carboxylic acids is 1. The van der Waals surface area contributed by atoms with Gasteiger partial charge in [-0.3, -0.25) is 9.48 Å². The molecule has 0 radical (unpaired) electrons. The molecule has 106 valence electrons. The Balaban J connectivity index is 2.30. The van der Waals surface area contributed by atoms with Crippen molar-refractivity contribution in [2.45, 2.75) is 19.8 Å². The van der Waals surface area contributed by atoms with Crippen LogP contribution in [0.2, 0.25) is 0 Å². The van der Waals surface area contributed by atoms with Crippen LogP contribution in [0.4, 0.5) is 8.78 Å². The van der Waals surface area contributed by atoms with Crippen molar-refractivity contribution in [3.8, 4) is 0 Å². The molecule has 0 unspecified atom stereocenters. The molecule has 0 saturated heterocycles. The highest BCUT2D eigenvalue weighted by atomic mass is 79.9. The maximum absolute atomic E-state index is 13.6. The Morgan fingerprint density at radius 3 is 2.65 bits per heavy atom. The molecule has 0 amide bonds. The molecule has 3 nitrogen and oxygen atoms in total. The first-order chi connectivity index (χ1) is 9.43. The van der Waals surface area contributed by atoms with E-state index in [0.29, 0.717) is 11.8 Å². The number of carbonyl (C=O) groups is 1. The lowest BCUT2D eigenvalue weighted by Gasteiger charge is -2.04. The zero-order chi connectivity index (χ0) is 14.9. The lowest BCUT2D eigenvalue weighted by molar-refractivity contribution is 0.0986. The first-order valence-corrected chi connectivity index (χ1v) is 6.91. The van der Waals surface area contributed by atoms with E-state index in [0.717, 1.165) is 28.7 Å². The van der Waals surface area contributed by atoms with Gasteiger partial charge >= 0.3 is 0 Å². The van der Waals surface area contributed by atoms with Gasteiger partial charge in [0.15, 0.2) is 5.78 Å². The summed E-state index contributed by atoms with van der Waals surface area (Å²) in [5.41, 5.74) is 1.41. The molecular weight excluding hydrogens is 330 g/mol. The van der Waals surface area contributed by atoms with Gasteiger partial charge in [-0.15, -0.1) is 0 Å². The van der Waals surface area contributed by atoms with E-state index >= 15 is 0 Å². The number of halogens is 3. The van der Waals surface area contributed by atoms with Crippen molar-refractivity contribution in [1.82, 2.24) is 9.78 Å². The Hall–Kier alpha value is -1.56. The standard InChI is InChI=1S/C14H13BrF2N2O/c1-3-11-14(15)12(19(2)18-11)7-13(20)9-5-4-8(16)6-10(9)17/h4-6H,3,7H2,1-2H3. The van der Waals surface area contributed by atoms with E-state index in [2.05, 4.69) is 21.0 Å². The van der Waals surface area contributed by atoms with Crippen molar-refractivity contribution in [1.29, 1.82) is 0 Å². The third-order valence-electron chi connectivity index (χ3n) is 3.06. The number of hydrogen-bond acceptors (Lipinski definition) is 2. The van der Waals surface area contributed by atoms with Crippen LogP contribution in [0, 0.1) is 11.6 Å². The zero-order valence-electron chi connectivity index (χ0n) is 11.1. The number of rotatable bonds is 4. The minimum absolute atomic E-state index is 0.00658. The first kappa shape index (κ1) is 14.8.